The number of pyridine rings is 1. The fraction of sp³-hybridized carbons (Fsp3) is 0.0667. The number of nitrogens with one attached hydrogen (secondary N) is 1. The van der Waals surface area contributed by atoms with Gasteiger partial charge in [0, 0.05) is 11.8 Å². The number of nitrogens with zero attached hydrogens (tertiary/aromatic N) is 2. The van der Waals surface area contributed by atoms with Gasteiger partial charge in [-0.1, -0.05) is 0 Å². The average Bonchev–Trinajstić information content (AvgIpc) is 2.84. The predicted molar refractivity (Wildman–Crippen MR) is 89.5 cm³/mol. The molecule has 7 nitrogen and oxygen atoms in total. The van der Waals surface area contributed by atoms with E-state index in [1.807, 2.05) is 0 Å². The fourth-order valence-electron chi connectivity index (χ4n) is 2.18. The summed E-state index contributed by atoms with van der Waals surface area (Å²) >= 11 is 0.984. The zero-order chi connectivity index (χ0) is 16.6. The number of nitrogen functional groups attached to an aromatic ring is 1. The largest absolute Gasteiger partial charge is 0.477 e. The highest BCUT2D eigenvalue weighted by molar-refractivity contribution is 7.20. The number of hydrogen-bond donors (Lipinski definition) is 3. The molecule has 0 amide bonds. The van der Waals surface area contributed by atoms with Crippen molar-refractivity contribution in [3.63, 3.8) is 0 Å². The molecule has 0 radical (unpaired) electrons. The van der Waals surface area contributed by atoms with Crippen LogP contribution in [-0.4, -0.2) is 26.0 Å². The minimum Gasteiger partial charge on any atom is -0.477 e. The van der Waals surface area contributed by atoms with Gasteiger partial charge < -0.3 is 15.8 Å². The average molecular weight is 328 g/mol. The summed E-state index contributed by atoms with van der Waals surface area (Å²) in [6, 6.07) is 3.53. The van der Waals surface area contributed by atoms with Gasteiger partial charge >= 0.3 is 5.97 Å². The number of hydrogen-bond acceptors (Lipinski definition) is 6. The number of aromatic carboxylic acids is 1. The first kappa shape index (κ1) is 14.9. The third kappa shape index (κ3) is 2.71. The Kier molecular flexibility index (Phi) is 3.67. The van der Waals surface area contributed by atoms with Crippen molar-refractivity contribution in [3.8, 4) is 0 Å². The molecule has 3 heterocycles. The first-order valence-electron chi connectivity index (χ1n) is 6.62. The maximum Gasteiger partial charge on any atom is 0.346 e. The Morgan fingerprint density at radius 1 is 1.43 bits per heavy atom. The molecule has 0 bridgehead atoms. The molecule has 0 aliphatic rings. The van der Waals surface area contributed by atoms with E-state index >= 15 is 0 Å². The molecule has 0 saturated carbocycles. The number of thiophene rings is 1. The summed E-state index contributed by atoms with van der Waals surface area (Å²) in [7, 11) is 0. The van der Waals surface area contributed by atoms with Crippen LogP contribution in [0.5, 0.6) is 0 Å². The number of anilines is 1. The molecule has 3 rings (SSSR count). The van der Waals surface area contributed by atoms with Crippen LogP contribution in [0.1, 0.15) is 26.6 Å². The Bertz CT molecular complexity index is 1000. The monoisotopic (exact) mass is 328 g/mol. The standard InChI is InChI=1S/C15H12N4O3S/c1-7-10-13(20)18-9(19-14(10)23-11(7)15(21)22)5-4-8-3-2-6-17-12(8)16/h2-6H,1H3,(H2,16,17)(H,21,22)(H,18,19,20)/b5-4+. The molecular weight excluding hydrogens is 316 g/mol. The quantitative estimate of drug-likeness (QED) is 0.677. The zero-order valence-corrected chi connectivity index (χ0v) is 12.8. The van der Waals surface area contributed by atoms with Crippen LogP contribution in [0.15, 0.2) is 23.1 Å². The van der Waals surface area contributed by atoms with E-state index in [4.69, 9.17) is 10.8 Å². The number of aromatic nitrogens is 3. The first-order chi connectivity index (χ1) is 11.0. The summed E-state index contributed by atoms with van der Waals surface area (Å²) in [5.41, 5.74) is 6.51. The van der Waals surface area contributed by atoms with Gasteiger partial charge in [0.25, 0.3) is 5.56 Å². The van der Waals surface area contributed by atoms with Gasteiger partial charge in [-0.05, 0) is 36.8 Å². The molecular formula is C15H12N4O3S. The maximum absolute atomic E-state index is 12.2. The van der Waals surface area contributed by atoms with Gasteiger partial charge in [0.2, 0.25) is 0 Å². The van der Waals surface area contributed by atoms with E-state index in [2.05, 4.69) is 15.0 Å². The lowest BCUT2D eigenvalue weighted by Crippen LogP contribution is -2.09. The first-order valence-corrected chi connectivity index (χ1v) is 7.44. The maximum atomic E-state index is 12.2. The normalized spacial score (nSPS) is 11.3. The molecule has 116 valence electrons. The van der Waals surface area contributed by atoms with Crippen LogP contribution in [0.3, 0.4) is 0 Å². The van der Waals surface area contributed by atoms with Crippen molar-refractivity contribution >= 4 is 45.5 Å². The van der Waals surface area contributed by atoms with Gasteiger partial charge in [-0.15, -0.1) is 11.3 Å². The molecule has 0 atom stereocenters. The number of carboxylic acids is 1. The van der Waals surface area contributed by atoms with Gasteiger partial charge in [-0.3, -0.25) is 4.79 Å². The highest BCUT2D eigenvalue weighted by atomic mass is 32.1. The lowest BCUT2D eigenvalue weighted by atomic mass is 10.2. The van der Waals surface area contributed by atoms with Crippen molar-refractivity contribution in [3.05, 3.63) is 50.5 Å². The van der Waals surface area contributed by atoms with E-state index in [0.717, 1.165) is 11.3 Å². The number of fused-ring (bicyclic) bond motifs is 1. The van der Waals surface area contributed by atoms with Crippen LogP contribution in [0.25, 0.3) is 22.4 Å². The fourth-order valence-corrected chi connectivity index (χ4v) is 3.21. The Labute approximate surface area is 134 Å². The Morgan fingerprint density at radius 2 is 2.22 bits per heavy atom. The summed E-state index contributed by atoms with van der Waals surface area (Å²) in [4.78, 5) is 34.8. The number of H-pyrrole nitrogens is 1. The molecule has 0 unspecified atom stereocenters. The van der Waals surface area contributed by atoms with Crippen LogP contribution >= 0.6 is 11.3 Å². The highest BCUT2D eigenvalue weighted by Gasteiger charge is 2.18. The molecule has 0 saturated heterocycles. The van der Waals surface area contributed by atoms with Crippen LogP contribution in [0, 0.1) is 6.92 Å². The second-order valence-electron chi connectivity index (χ2n) is 4.80. The van der Waals surface area contributed by atoms with Gasteiger partial charge in [0.15, 0.2) is 0 Å². The minimum atomic E-state index is -1.06. The van der Waals surface area contributed by atoms with Crippen molar-refractivity contribution in [2.45, 2.75) is 6.92 Å². The van der Waals surface area contributed by atoms with Crippen molar-refractivity contribution < 1.29 is 9.90 Å². The summed E-state index contributed by atoms with van der Waals surface area (Å²) in [5.74, 6) is -0.374. The molecule has 0 aliphatic heterocycles. The molecule has 0 aliphatic carbocycles. The minimum absolute atomic E-state index is 0.121. The van der Waals surface area contributed by atoms with Crippen molar-refractivity contribution in [2.75, 3.05) is 5.73 Å². The number of aryl methyl sites for hydroxylation is 1. The Hall–Kier alpha value is -3.00. The second-order valence-corrected chi connectivity index (χ2v) is 5.80. The SMILES string of the molecule is Cc1c(C(=O)O)sc2nc(/C=C/c3cccnc3N)[nH]c(=O)c12. The van der Waals surface area contributed by atoms with E-state index in [0.29, 0.717) is 33.0 Å². The number of aromatic amines is 1. The third-order valence-corrected chi connectivity index (χ3v) is 4.48. The van der Waals surface area contributed by atoms with Crippen LogP contribution in [0.4, 0.5) is 5.82 Å². The topological polar surface area (TPSA) is 122 Å². The van der Waals surface area contributed by atoms with Crippen LogP contribution < -0.4 is 11.3 Å². The number of carboxylic acid groups (broad SMARTS) is 1. The van der Waals surface area contributed by atoms with Crippen LogP contribution in [0.2, 0.25) is 0 Å². The molecule has 23 heavy (non-hydrogen) atoms. The summed E-state index contributed by atoms with van der Waals surface area (Å²) in [6.07, 6.45) is 4.87. The Balaban J connectivity index is 2.08. The summed E-state index contributed by atoms with van der Waals surface area (Å²) in [5, 5.41) is 9.46. The predicted octanol–water partition coefficient (Wildman–Crippen LogP) is 2.14. The van der Waals surface area contributed by atoms with Gasteiger partial charge in [-0.2, -0.15) is 0 Å². The molecule has 3 aromatic heterocycles. The van der Waals surface area contributed by atoms with Gasteiger partial charge in [-0.25, -0.2) is 14.8 Å². The summed E-state index contributed by atoms with van der Waals surface area (Å²) in [6.45, 7) is 1.60. The van der Waals surface area contributed by atoms with Gasteiger partial charge in [0.1, 0.15) is 21.3 Å². The molecule has 0 spiro atoms. The molecule has 3 aromatic rings. The van der Waals surface area contributed by atoms with Crippen LogP contribution in [-0.2, 0) is 0 Å². The number of carbonyl (C=O) groups is 1. The smallest absolute Gasteiger partial charge is 0.346 e. The summed E-state index contributed by atoms with van der Waals surface area (Å²) < 4.78 is 0. The van der Waals surface area contributed by atoms with Crippen molar-refractivity contribution in [2.24, 2.45) is 0 Å². The van der Waals surface area contributed by atoms with E-state index in [1.165, 1.54) is 0 Å². The zero-order valence-electron chi connectivity index (χ0n) is 12.0. The molecule has 0 fully saturated rings. The van der Waals surface area contributed by atoms with Gasteiger partial charge in [0.05, 0.1) is 5.39 Å². The molecule has 0 aromatic carbocycles. The lowest BCUT2D eigenvalue weighted by molar-refractivity contribution is 0.0701. The van der Waals surface area contributed by atoms with E-state index < -0.39 is 5.97 Å². The molecule has 4 N–H and O–H groups in total. The lowest BCUT2D eigenvalue weighted by Gasteiger charge is -1.98. The number of rotatable bonds is 3. The highest BCUT2D eigenvalue weighted by Crippen LogP contribution is 2.27. The Morgan fingerprint density at radius 3 is 2.91 bits per heavy atom. The van der Waals surface area contributed by atoms with E-state index in [-0.39, 0.29) is 10.4 Å². The number of nitrogens with two attached hydrogens (primary N) is 1. The van der Waals surface area contributed by atoms with E-state index in [1.54, 1.807) is 37.4 Å². The molecule has 8 heteroatoms. The van der Waals surface area contributed by atoms with E-state index in [9.17, 15) is 9.59 Å². The second kappa shape index (κ2) is 5.65. The van der Waals surface area contributed by atoms with Crippen molar-refractivity contribution in [1.82, 2.24) is 15.0 Å². The van der Waals surface area contributed by atoms with Crippen molar-refractivity contribution in [1.29, 1.82) is 0 Å². The third-order valence-electron chi connectivity index (χ3n) is 3.31.